The lowest BCUT2D eigenvalue weighted by Crippen LogP contribution is -2.29. The summed E-state index contributed by atoms with van der Waals surface area (Å²) in [6, 6.07) is 5.21. The highest BCUT2D eigenvalue weighted by atomic mass is 79.9. The first-order chi connectivity index (χ1) is 9.92. The standard InChI is InChI=1S/C15H18BrNO4/c1-8-5-10(11(6-8)15(19)20)14(18)17-9-3-4-13(21-2)12(16)7-9/h3-4,7-8,10-11H,5-6H2,1-2H3,(H,17,18)(H,19,20). The lowest BCUT2D eigenvalue weighted by atomic mass is 9.95. The number of hydrogen-bond acceptors (Lipinski definition) is 3. The number of rotatable bonds is 4. The van der Waals surface area contributed by atoms with Crippen molar-refractivity contribution in [2.45, 2.75) is 19.8 Å². The maximum Gasteiger partial charge on any atom is 0.307 e. The number of carbonyl (C=O) groups excluding carboxylic acids is 1. The second-order valence-electron chi connectivity index (χ2n) is 5.47. The molecule has 0 spiro atoms. The monoisotopic (exact) mass is 355 g/mol. The molecule has 1 fully saturated rings. The SMILES string of the molecule is COc1ccc(NC(=O)C2CC(C)CC2C(=O)O)cc1Br. The average Bonchev–Trinajstić information content (AvgIpc) is 2.81. The summed E-state index contributed by atoms with van der Waals surface area (Å²) >= 11 is 3.35. The third-order valence-corrected chi connectivity index (χ3v) is 4.49. The van der Waals surface area contributed by atoms with Crippen LogP contribution in [0.4, 0.5) is 5.69 Å². The second kappa shape index (κ2) is 6.47. The molecule has 2 rings (SSSR count). The molecule has 2 N–H and O–H groups in total. The van der Waals surface area contributed by atoms with Crippen molar-refractivity contribution in [2.24, 2.45) is 17.8 Å². The summed E-state index contributed by atoms with van der Waals surface area (Å²) in [5, 5.41) is 12.0. The highest BCUT2D eigenvalue weighted by molar-refractivity contribution is 9.10. The van der Waals surface area contributed by atoms with Gasteiger partial charge < -0.3 is 15.2 Å². The fourth-order valence-corrected chi connectivity index (χ4v) is 3.37. The van der Waals surface area contributed by atoms with Crippen LogP contribution in [-0.2, 0) is 9.59 Å². The zero-order valence-electron chi connectivity index (χ0n) is 11.9. The molecule has 1 aromatic rings. The van der Waals surface area contributed by atoms with Crippen LogP contribution in [0, 0.1) is 17.8 Å². The van der Waals surface area contributed by atoms with Crippen LogP contribution < -0.4 is 10.1 Å². The fraction of sp³-hybridized carbons (Fsp3) is 0.467. The van der Waals surface area contributed by atoms with E-state index in [-0.39, 0.29) is 11.8 Å². The van der Waals surface area contributed by atoms with E-state index in [0.29, 0.717) is 24.3 Å². The number of amides is 1. The van der Waals surface area contributed by atoms with Gasteiger partial charge in [-0.05, 0) is 52.9 Å². The molecule has 3 unspecified atom stereocenters. The van der Waals surface area contributed by atoms with Crippen LogP contribution in [0.2, 0.25) is 0 Å². The Balaban J connectivity index is 2.10. The summed E-state index contributed by atoms with van der Waals surface area (Å²) in [6.45, 7) is 1.98. The molecule has 5 nitrogen and oxygen atoms in total. The number of hydrogen-bond donors (Lipinski definition) is 2. The van der Waals surface area contributed by atoms with Crippen LogP contribution in [-0.4, -0.2) is 24.1 Å². The molecular weight excluding hydrogens is 338 g/mol. The average molecular weight is 356 g/mol. The number of methoxy groups -OCH3 is 1. The minimum absolute atomic E-state index is 0.233. The highest BCUT2D eigenvalue weighted by Gasteiger charge is 2.41. The van der Waals surface area contributed by atoms with Crippen LogP contribution in [0.1, 0.15) is 19.8 Å². The van der Waals surface area contributed by atoms with Gasteiger partial charge in [0.05, 0.1) is 23.4 Å². The Morgan fingerprint density at radius 1 is 1.33 bits per heavy atom. The Kier molecular flexibility index (Phi) is 4.88. The summed E-state index contributed by atoms with van der Waals surface area (Å²) < 4.78 is 5.86. The van der Waals surface area contributed by atoms with Crippen molar-refractivity contribution in [2.75, 3.05) is 12.4 Å². The second-order valence-corrected chi connectivity index (χ2v) is 6.32. The summed E-state index contributed by atoms with van der Waals surface area (Å²) in [4.78, 5) is 23.6. The molecule has 0 aromatic heterocycles. The molecule has 0 aliphatic heterocycles. The van der Waals surface area contributed by atoms with E-state index in [1.807, 2.05) is 6.92 Å². The van der Waals surface area contributed by atoms with Gasteiger partial charge in [-0.25, -0.2) is 0 Å². The molecule has 0 saturated heterocycles. The summed E-state index contributed by atoms with van der Waals surface area (Å²) in [5.74, 6) is -1.27. The topological polar surface area (TPSA) is 75.6 Å². The van der Waals surface area contributed by atoms with Crippen molar-refractivity contribution in [3.8, 4) is 5.75 Å². The minimum Gasteiger partial charge on any atom is -0.496 e. The first kappa shape index (κ1) is 15.8. The highest BCUT2D eigenvalue weighted by Crippen LogP contribution is 2.37. The number of halogens is 1. The molecule has 0 heterocycles. The Morgan fingerprint density at radius 2 is 2.00 bits per heavy atom. The van der Waals surface area contributed by atoms with Gasteiger partial charge in [0.25, 0.3) is 0 Å². The van der Waals surface area contributed by atoms with Crippen LogP contribution in [0.25, 0.3) is 0 Å². The number of aliphatic carboxylic acids is 1. The first-order valence-electron chi connectivity index (χ1n) is 6.79. The molecule has 0 bridgehead atoms. The number of anilines is 1. The number of carbonyl (C=O) groups is 2. The van der Waals surface area contributed by atoms with E-state index in [2.05, 4.69) is 21.2 Å². The van der Waals surface area contributed by atoms with Crippen LogP contribution in [0.15, 0.2) is 22.7 Å². The molecule has 114 valence electrons. The van der Waals surface area contributed by atoms with Gasteiger partial charge in [0.1, 0.15) is 5.75 Å². The number of ether oxygens (including phenoxy) is 1. The molecule has 1 aliphatic carbocycles. The van der Waals surface area contributed by atoms with Gasteiger partial charge in [-0.15, -0.1) is 0 Å². The van der Waals surface area contributed by atoms with Gasteiger partial charge in [0.2, 0.25) is 5.91 Å². The minimum atomic E-state index is -0.893. The van der Waals surface area contributed by atoms with Crippen molar-refractivity contribution in [3.05, 3.63) is 22.7 Å². The Labute approximate surface area is 131 Å². The van der Waals surface area contributed by atoms with E-state index in [4.69, 9.17) is 4.74 Å². The van der Waals surface area contributed by atoms with Gasteiger partial charge in [0.15, 0.2) is 0 Å². The van der Waals surface area contributed by atoms with Gasteiger partial charge in [-0.1, -0.05) is 6.92 Å². The first-order valence-corrected chi connectivity index (χ1v) is 7.59. The Bertz CT molecular complexity index is 561. The molecule has 3 atom stereocenters. The van der Waals surface area contributed by atoms with Crippen molar-refractivity contribution in [1.82, 2.24) is 0 Å². The van der Waals surface area contributed by atoms with Gasteiger partial charge >= 0.3 is 5.97 Å². The number of nitrogens with one attached hydrogen (secondary N) is 1. The van der Waals surface area contributed by atoms with Gasteiger partial charge in [-0.2, -0.15) is 0 Å². The third kappa shape index (κ3) is 3.56. The zero-order valence-corrected chi connectivity index (χ0v) is 13.5. The van der Waals surface area contributed by atoms with E-state index in [9.17, 15) is 14.7 Å². The Hall–Kier alpha value is -1.56. The van der Waals surface area contributed by atoms with Crippen molar-refractivity contribution < 1.29 is 19.4 Å². The number of carboxylic acids is 1. The van der Waals surface area contributed by atoms with Crippen molar-refractivity contribution in [3.63, 3.8) is 0 Å². The fourth-order valence-electron chi connectivity index (χ4n) is 2.83. The predicted octanol–water partition coefficient (Wildman–Crippen LogP) is 3.14. The lowest BCUT2D eigenvalue weighted by molar-refractivity contribution is -0.145. The van der Waals surface area contributed by atoms with E-state index >= 15 is 0 Å². The normalized spacial score (nSPS) is 24.6. The van der Waals surface area contributed by atoms with Crippen molar-refractivity contribution in [1.29, 1.82) is 0 Å². The maximum absolute atomic E-state index is 12.3. The van der Waals surface area contributed by atoms with E-state index in [1.165, 1.54) is 0 Å². The molecular formula is C15H18BrNO4. The van der Waals surface area contributed by atoms with Gasteiger partial charge in [-0.3, -0.25) is 9.59 Å². The maximum atomic E-state index is 12.3. The van der Waals surface area contributed by atoms with E-state index in [0.717, 1.165) is 4.47 Å². The van der Waals surface area contributed by atoms with Crippen LogP contribution >= 0.6 is 15.9 Å². The molecule has 1 aromatic carbocycles. The summed E-state index contributed by atoms with van der Waals surface area (Å²) in [5.41, 5.74) is 0.622. The van der Waals surface area contributed by atoms with Crippen LogP contribution in [0.3, 0.4) is 0 Å². The van der Waals surface area contributed by atoms with E-state index in [1.54, 1.807) is 25.3 Å². The summed E-state index contributed by atoms with van der Waals surface area (Å²) in [7, 11) is 1.57. The molecule has 6 heteroatoms. The van der Waals surface area contributed by atoms with Gasteiger partial charge in [0, 0.05) is 5.69 Å². The lowest BCUT2D eigenvalue weighted by Gasteiger charge is -2.16. The largest absolute Gasteiger partial charge is 0.496 e. The number of carboxylic acid groups (broad SMARTS) is 1. The van der Waals surface area contributed by atoms with E-state index < -0.39 is 17.8 Å². The molecule has 1 amide bonds. The van der Waals surface area contributed by atoms with Crippen LogP contribution in [0.5, 0.6) is 5.75 Å². The number of benzene rings is 1. The molecule has 1 saturated carbocycles. The summed E-state index contributed by atoms with van der Waals surface area (Å²) in [6.07, 6.45) is 1.17. The third-order valence-electron chi connectivity index (χ3n) is 3.87. The molecule has 21 heavy (non-hydrogen) atoms. The molecule has 1 aliphatic rings. The van der Waals surface area contributed by atoms with Crippen molar-refractivity contribution >= 4 is 33.5 Å². The Morgan fingerprint density at radius 3 is 2.57 bits per heavy atom. The zero-order chi connectivity index (χ0) is 15.6. The smallest absolute Gasteiger partial charge is 0.307 e. The predicted molar refractivity (Wildman–Crippen MR) is 82.3 cm³/mol. The molecule has 0 radical (unpaired) electrons. The quantitative estimate of drug-likeness (QED) is 0.869.